The number of phenols is 1. The Labute approximate surface area is 154 Å². The quantitative estimate of drug-likeness (QED) is 0.458. The maximum Gasteiger partial charge on any atom is 0.291 e. The number of nitrogens with one attached hydrogen (secondary N) is 2. The lowest BCUT2D eigenvalue weighted by Crippen LogP contribution is -2.18. The highest BCUT2D eigenvalue weighted by Gasteiger charge is 2.12. The van der Waals surface area contributed by atoms with Crippen molar-refractivity contribution in [3.05, 3.63) is 52.5 Å². The molecule has 1 amide bonds. The number of thiophene rings is 1. The van der Waals surface area contributed by atoms with E-state index in [9.17, 15) is 9.90 Å². The molecule has 0 aliphatic rings. The first-order valence-electron chi connectivity index (χ1n) is 7.99. The van der Waals surface area contributed by atoms with Gasteiger partial charge < -0.3 is 9.84 Å². The van der Waals surface area contributed by atoms with Crippen molar-refractivity contribution in [3.8, 4) is 22.1 Å². The second-order valence-electron chi connectivity index (χ2n) is 5.40. The number of amides is 1. The van der Waals surface area contributed by atoms with E-state index in [1.165, 1.54) is 11.1 Å². The lowest BCUT2D eigenvalue weighted by molar-refractivity contribution is 0.0950. The van der Waals surface area contributed by atoms with Gasteiger partial charge in [-0.05, 0) is 44.2 Å². The number of nitrogens with zero attached hydrogens (tertiary/aromatic N) is 2. The van der Waals surface area contributed by atoms with Crippen LogP contribution in [0.15, 0.2) is 41.5 Å². The number of rotatable bonds is 6. The van der Waals surface area contributed by atoms with Crippen LogP contribution in [0.5, 0.6) is 11.5 Å². The van der Waals surface area contributed by atoms with Crippen molar-refractivity contribution in [1.29, 1.82) is 0 Å². The highest BCUT2D eigenvalue weighted by atomic mass is 32.1. The van der Waals surface area contributed by atoms with Gasteiger partial charge in [0.05, 0.1) is 23.4 Å². The number of carbonyl (C=O) groups is 1. The van der Waals surface area contributed by atoms with E-state index >= 15 is 0 Å². The van der Waals surface area contributed by atoms with Crippen LogP contribution in [0.3, 0.4) is 0 Å². The first kappa shape index (κ1) is 17.7. The molecule has 1 aromatic carbocycles. The summed E-state index contributed by atoms with van der Waals surface area (Å²) >= 11 is 1.62. The number of phenolic OH excluding ortho intramolecular Hbond substituents is 1. The molecule has 3 rings (SSSR count). The minimum absolute atomic E-state index is 0.0255. The zero-order valence-corrected chi connectivity index (χ0v) is 15.1. The Morgan fingerprint density at radius 1 is 1.42 bits per heavy atom. The van der Waals surface area contributed by atoms with Gasteiger partial charge in [-0.2, -0.15) is 10.2 Å². The normalized spacial score (nSPS) is 11.0. The van der Waals surface area contributed by atoms with Gasteiger partial charge >= 0.3 is 0 Å². The molecule has 134 valence electrons. The van der Waals surface area contributed by atoms with Crippen LogP contribution >= 0.6 is 11.3 Å². The fourth-order valence-electron chi connectivity index (χ4n) is 2.28. The van der Waals surface area contributed by atoms with Gasteiger partial charge in [-0.25, -0.2) is 5.43 Å². The van der Waals surface area contributed by atoms with Gasteiger partial charge in [0.2, 0.25) is 0 Å². The molecule has 3 aromatic rings. The highest BCUT2D eigenvalue weighted by Crippen LogP contribution is 2.28. The number of aromatic nitrogens is 2. The third-order valence-corrected chi connectivity index (χ3v) is 4.55. The molecule has 0 atom stereocenters. The molecule has 0 saturated carbocycles. The van der Waals surface area contributed by atoms with E-state index in [4.69, 9.17) is 4.74 Å². The third kappa shape index (κ3) is 3.92. The number of hydrazone groups is 1. The number of aromatic hydroxyl groups is 1. The van der Waals surface area contributed by atoms with Crippen LogP contribution in [0.2, 0.25) is 0 Å². The summed E-state index contributed by atoms with van der Waals surface area (Å²) < 4.78 is 5.31. The van der Waals surface area contributed by atoms with Gasteiger partial charge in [0.25, 0.3) is 5.91 Å². The summed E-state index contributed by atoms with van der Waals surface area (Å²) in [5.41, 5.74) is 3.84. The van der Waals surface area contributed by atoms with Gasteiger partial charge in [-0.15, -0.1) is 11.3 Å². The van der Waals surface area contributed by atoms with Crippen molar-refractivity contribution >= 4 is 23.5 Å². The van der Waals surface area contributed by atoms with E-state index in [-0.39, 0.29) is 11.4 Å². The molecule has 26 heavy (non-hydrogen) atoms. The van der Waals surface area contributed by atoms with Gasteiger partial charge in [-0.1, -0.05) is 6.07 Å². The van der Waals surface area contributed by atoms with Crippen LogP contribution in [0.25, 0.3) is 10.6 Å². The molecule has 0 radical (unpaired) electrons. The van der Waals surface area contributed by atoms with Gasteiger partial charge in [0.15, 0.2) is 17.2 Å². The van der Waals surface area contributed by atoms with Crippen molar-refractivity contribution in [3.63, 3.8) is 0 Å². The predicted octanol–water partition coefficient (Wildman–Crippen LogP) is 3.31. The van der Waals surface area contributed by atoms with Crippen molar-refractivity contribution in [2.75, 3.05) is 6.61 Å². The zero-order chi connectivity index (χ0) is 18.5. The van der Waals surface area contributed by atoms with Crippen LogP contribution in [-0.4, -0.2) is 34.0 Å². The van der Waals surface area contributed by atoms with Crippen LogP contribution in [0, 0.1) is 6.92 Å². The zero-order valence-electron chi connectivity index (χ0n) is 14.3. The summed E-state index contributed by atoms with van der Waals surface area (Å²) in [6.45, 7) is 4.29. The van der Waals surface area contributed by atoms with E-state index in [1.54, 1.807) is 35.6 Å². The Morgan fingerprint density at radius 3 is 3.00 bits per heavy atom. The summed E-state index contributed by atoms with van der Waals surface area (Å²) in [5, 5.41) is 20.8. The van der Waals surface area contributed by atoms with Crippen LogP contribution in [0.4, 0.5) is 0 Å². The number of hydrogen-bond acceptors (Lipinski definition) is 6. The number of carbonyl (C=O) groups excluding carboxylic acids is 1. The smallest absolute Gasteiger partial charge is 0.291 e. The monoisotopic (exact) mass is 370 g/mol. The minimum atomic E-state index is -0.447. The SMILES string of the molecule is CCOc1cccc(/C=N\NC(=O)c2cc(-c3ccc(C)s3)[nH]n2)c1O. The standard InChI is InChI=1S/C18H18N4O3S/c1-3-25-15-6-4-5-12(17(15)23)10-19-22-18(24)14-9-13(20-21-14)16-8-7-11(2)26-16/h4-10,23H,3H2,1-2H3,(H,20,21)(H,22,24)/b19-10-. The molecule has 0 aliphatic carbocycles. The maximum atomic E-state index is 12.1. The largest absolute Gasteiger partial charge is 0.504 e. The molecule has 0 saturated heterocycles. The van der Waals surface area contributed by atoms with Gasteiger partial charge in [-0.3, -0.25) is 9.89 Å². The topological polar surface area (TPSA) is 99.6 Å². The Hall–Kier alpha value is -3.13. The first-order valence-corrected chi connectivity index (χ1v) is 8.80. The lowest BCUT2D eigenvalue weighted by Gasteiger charge is -2.06. The van der Waals surface area contributed by atoms with Gasteiger partial charge in [0, 0.05) is 10.4 Å². The summed E-state index contributed by atoms with van der Waals surface area (Å²) in [6, 6.07) is 10.7. The number of benzene rings is 1. The molecule has 0 fully saturated rings. The molecule has 0 aliphatic heterocycles. The average Bonchev–Trinajstić information content (AvgIpc) is 3.27. The molecule has 2 aromatic heterocycles. The van der Waals surface area contributed by atoms with Crippen molar-refractivity contribution in [1.82, 2.24) is 15.6 Å². The predicted molar refractivity (Wildman–Crippen MR) is 101 cm³/mol. The molecular formula is C18H18N4O3S. The van der Waals surface area contributed by atoms with Crippen molar-refractivity contribution in [2.45, 2.75) is 13.8 Å². The number of ether oxygens (including phenoxy) is 1. The summed E-state index contributed by atoms with van der Waals surface area (Å²) in [7, 11) is 0. The van der Waals surface area contributed by atoms with Crippen molar-refractivity contribution in [2.24, 2.45) is 5.10 Å². The number of para-hydroxylation sites is 1. The maximum absolute atomic E-state index is 12.1. The summed E-state index contributed by atoms with van der Waals surface area (Å²) in [4.78, 5) is 14.3. The Morgan fingerprint density at radius 2 is 2.27 bits per heavy atom. The number of aryl methyl sites for hydroxylation is 1. The molecule has 0 bridgehead atoms. The molecule has 3 N–H and O–H groups in total. The van der Waals surface area contributed by atoms with E-state index in [1.807, 2.05) is 26.0 Å². The van der Waals surface area contributed by atoms with Crippen molar-refractivity contribution < 1.29 is 14.6 Å². The molecule has 2 heterocycles. The van der Waals surface area contributed by atoms with E-state index in [0.29, 0.717) is 17.9 Å². The van der Waals surface area contributed by atoms with Crippen LogP contribution < -0.4 is 10.2 Å². The number of aromatic amines is 1. The molecule has 0 unspecified atom stereocenters. The second-order valence-corrected chi connectivity index (χ2v) is 6.69. The summed E-state index contributed by atoms with van der Waals surface area (Å²) in [6.07, 6.45) is 1.35. The molecule has 8 heteroatoms. The van der Waals surface area contributed by atoms with Gasteiger partial charge in [0.1, 0.15) is 0 Å². The fraction of sp³-hybridized carbons (Fsp3) is 0.167. The Kier molecular flexibility index (Phi) is 5.33. The van der Waals surface area contributed by atoms with Crippen LogP contribution in [-0.2, 0) is 0 Å². The minimum Gasteiger partial charge on any atom is -0.504 e. The Balaban J connectivity index is 1.67. The summed E-state index contributed by atoms with van der Waals surface area (Å²) in [5.74, 6) is -0.106. The average molecular weight is 370 g/mol. The second kappa shape index (κ2) is 7.83. The van der Waals surface area contributed by atoms with E-state index < -0.39 is 5.91 Å². The first-order chi connectivity index (χ1) is 12.6. The molecule has 0 spiro atoms. The fourth-order valence-corrected chi connectivity index (χ4v) is 3.11. The number of hydrogen-bond donors (Lipinski definition) is 3. The highest BCUT2D eigenvalue weighted by molar-refractivity contribution is 7.15. The third-order valence-electron chi connectivity index (χ3n) is 3.52. The van der Waals surface area contributed by atoms with E-state index in [2.05, 4.69) is 20.7 Å². The van der Waals surface area contributed by atoms with E-state index in [0.717, 1.165) is 10.6 Å². The number of H-pyrrole nitrogens is 1. The Bertz CT molecular complexity index is 946. The molecular weight excluding hydrogens is 352 g/mol. The lowest BCUT2D eigenvalue weighted by atomic mass is 10.2. The molecule has 7 nitrogen and oxygen atoms in total. The van der Waals surface area contributed by atoms with Crippen LogP contribution in [0.1, 0.15) is 27.9 Å².